The molecule has 2 aromatic rings. The van der Waals surface area contributed by atoms with Gasteiger partial charge in [-0.3, -0.25) is 4.72 Å². The van der Waals surface area contributed by atoms with Crippen molar-refractivity contribution >= 4 is 21.7 Å². The summed E-state index contributed by atoms with van der Waals surface area (Å²) in [6.45, 7) is 0. The van der Waals surface area contributed by atoms with E-state index in [0.717, 1.165) is 43.5 Å². The Labute approximate surface area is 130 Å². The fraction of sp³-hybridized carbons (Fsp3) is 0.0714. The number of carboxylic acids is 1. The van der Waals surface area contributed by atoms with Gasteiger partial charge in [0, 0.05) is 12.1 Å². The summed E-state index contributed by atoms with van der Waals surface area (Å²) in [5.74, 6) is -3.96. The van der Waals surface area contributed by atoms with Gasteiger partial charge in [-0.1, -0.05) is 0 Å². The zero-order valence-electron chi connectivity index (χ0n) is 11.7. The van der Waals surface area contributed by atoms with Gasteiger partial charge in [-0.2, -0.15) is 0 Å². The standard InChI is InChI=1S/C14H11F2NO5S/c1-22-13-11(15)6-9(7-12(13)16)17-23(20,21)10-4-2-8(3-5-10)14(18)19/h2-7,17H,1H3,(H,18,19). The van der Waals surface area contributed by atoms with Crippen LogP contribution in [-0.4, -0.2) is 26.6 Å². The molecule has 2 aromatic carbocycles. The minimum Gasteiger partial charge on any atom is -0.491 e. The first-order valence-corrected chi connectivity index (χ1v) is 7.62. The van der Waals surface area contributed by atoms with Gasteiger partial charge < -0.3 is 9.84 Å². The Balaban J connectivity index is 2.33. The van der Waals surface area contributed by atoms with E-state index in [2.05, 4.69) is 4.74 Å². The topological polar surface area (TPSA) is 92.7 Å². The SMILES string of the molecule is COc1c(F)cc(NS(=O)(=O)c2ccc(C(=O)O)cc2)cc1F. The van der Waals surface area contributed by atoms with Crippen molar-refractivity contribution in [3.05, 3.63) is 53.6 Å². The number of aromatic carboxylic acids is 1. The first kappa shape index (κ1) is 16.7. The van der Waals surface area contributed by atoms with Crippen LogP contribution in [0.25, 0.3) is 0 Å². The average molecular weight is 343 g/mol. The zero-order chi connectivity index (χ0) is 17.2. The van der Waals surface area contributed by atoms with E-state index >= 15 is 0 Å². The molecule has 0 unspecified atom stereocenters. The lowest BCUT2D eigenvalue weighted by atomic mass is 10.2. The summed E-state index contributed by atoms with van der Waals surface area (Å²) in [7, 11) is -3.05. The largest absolute Gasteiger partial charge is 0.491 e. The summed E-state index contributed by atoms with van der Waals surface area (Å²) in [5.41, 5.74) is -0.423. The molecule has 122 valence electrons. The Bertz CT molecular complexity index is 827. The van der Waals surface area contributed by atoms with Crippen LogP contribution in [0.5, 0.6) is 5.75 Å². The summed E-state index contributed by atoms with van der Waals surface area (Å²) in [5, 5.41) is 8.76. The van der Waals surface area contributed by atoms with Crippen LogP contribution in [0.4, 0.5) is 14.5 Å². The molecule has 0 aromatic heterocycles. The molecule has 23 heavy (non-hydrogen) atoms. The van der Waals surface area contributed by atoms with Gasteiger partial charge in [0.05, 0.1) is 23.3 Å². The highest BCUT2D eigenvalue weighted by Gasteiger charge is 2.18. The number of carboxylic acid groups (broad SMARTS) is 1. The van der Waals surface area contributed by atoms with E-state index in [4.69, 9.17) is 5.11 Å². The third kappa shape index (κ3) is 3.57. The molecule has 2 N–H and O–H groups in total. The molecule has 0 atom stereocenters. The van der Waals surface area contributed by atoms with E-state index in [-0.39, 0.29) is 16.1 Å². The lowest BCUT2D eigenvalue weighted by molar-refractivity contribution is 0.0696. The minimum absolute atomic E-state index is 0.0921. The Morgan fingerprint density at radius 1 is 1.13 bits per heavy atom. The normalized spacial score (nSPS) is 11.1. The lowest BCUT2D eigenvalue weighted by Crippen LogP contribution is -2.13. The molecule has 0 spiro atoms. The van der Waals surface area contributed by atoms with E-state index < -0.39 is 33.4 Å². The van der Waals surface area contributed by atoms with Crippen LogP contribution < -0.4 is 9.46 Å². The fourth-order valence-corrected chi connectivity index (χ4v) is 2.84. The van der Waals surface area contributed by atoms with Crippen molar-refractivity contribution in [1.29, 1.82) is 0 Å². The molecule has 0 radical (unpaired) electrons. The van der Waals surface area contributed by atoms with E-state index in [9.17, 15) is 22.0 Å². The predicted molar refractivity (Wildman–Crippen MR) is 77.1 cm³/mol. The number of rotatable bonds is 5. The molecule has 0 heterocycles. The predicted octanol–water partition coefficient (Wildman–Crippen LogP) is 2.47. The fourth-order valence-electron chi connectivity index (χ4n) is 1.80. The summed E-state index contributed by atoms with van der Waals surface area (Å²) in [4.78, 5) is 10.5. The highest BCUT2D eigenvalue weighted by Crippen LogP contribution is 2.26. The number of sulfonamides is 1. The van der Waals surface area contributed by atoms with Crippen molar-refractivity contribution < 1.29 is 31.8 Å². The number of halogens is 2. The quantitative estimate of drug-likeness (QED) is 0.870. The van der Waals surface area contributed by atoms with Crippen LogP contribution in [0.2, 0.25) is 0 Å². The maximum Gasteiger partial charge on any atom is 0.335 e. The number of anilines is 1. The Hall–Kier alpha value is -2.68. The smallest absolute Gasteiger partial charge is 0.335 e. The first-order chi connectivity index (χ1) is 10.7. The minimum atomic E-state index is -4.13. The molecule has 0 bridgehead atoms. The highest BCUT2D eigenvalue weighted by molar-refractivity contribution is 7.92. The van der Waals surface area contributed by atoms with Gasteiger partial charge in [0.1, 0.15) is 0 Å². The van der Waals surface area contributed by atoms with Crippen molar-refractivity contribution in [1.82, 2.24) is 0 Å². The van der Waals surface area contributed by atoms with Crippen molar-refractivity contribution in [2.75, 3.05) is 11.8 Å². The molecule has 0 aliphatic carbocycles. The van der Waals surface area contributed by atoms with E-state index in [1.807, 2.05) is 4.72 Å². The summed E-state index contributed by atoms with van der Waals surface area (Å²) >= 11 is 0. The maximum absolute atomic E-state index is 13.6. The van der Waals surface area contributed by atoms with Crippen LogP contribution in [0.1, 0.15) is 10.4 Å². The number of hydrogen-bond donors (Lipinski definition) is 2. The van der Waals surface area contributed by atoms with Crippen LogP contribution in [-0.2, 0) is 10.0 Å². The Morgan fingerprint density at radius 3 is 2.09 bits per heavy atom. The van der Waals surface area contributed by atoms with Gasteiger partial charge in [-0.25, -0.2) is 22.0 Å². The molecular weight excluding hydrogens is 332 g/mol. The van der Waals surface area contributed by atoms with Gasteiger partial charge in [-0.15, -0.1) is 0 Å². The van der Waals surface area contributed by atoms with Crippen LogP contribution in [0, 0.1) is 11.6 Å². The van der Waals surface area contributed by atoms with Crippen LogP contribution in [0.15, 0.2) is 41.3 Å². The molecule has 0 saturated carbocycles. The second-order valence-corrected chi connectivity index (χ2v) is 6.09. The van der Waals surface area contributed by atoms with Gasteiger partial charge in [0.2, 0.25) is 0 Å². The maximum atomic E-state index is 13.6. The Kier molecular flexibility index (Phi) is 4.50. The molecule has 2 rings (SSSR count). The molecule has 0 fully saturated rings. The number of hydrogen-bond acceptors (Lipinski definition) is 4. The molecule has 0 amide bonds. The number of methoxy groups -OCH3 is 1. The van der Waals surface area contributed by atoms with Crippen molar-refractivity contribution in [2.45, 2.75) is 4.90 Å². The average Bonchev–Trinajstić information content (AvgIpc) is 2.46. The lowest BCUT2D eigenvalue weighted by Gasteiger charge is -2.10. The first-order valence-electron chi connectivity index (χ1n) is 6.14. The van der Waals surface area contributed by atoms with Crippen molar-refractivity contribution in [2.24, 2.45) is 0 Å². The molecule has 6 nitrogen and oxygen atoms in total. The summed E-state index contributed by atoms with van der Waals surface area (Å²) in [6.07, 6.45) is 0. The van der Waals surface area contributed by atoms with Crippen molar-refractivity contribution in [3.63, 3.8) is 0 Å². The molecular formula is C14H11F2NO5S. The third-order valence-electron chi connectivity index (χ3n) is 2.87. The molecule has 0 aliphatic heterocycles. The summed E-state index contributed by atoms with van der Waals surface area (Å²) < 4.78 is 57.9. The van der Waals surface area contributed by atoms with E-state index in [1.54, 1.807) is 0 Å². The van der Waals surface area contributed by atoms with Crippen LogP contribution in [0.3, 0.4) is 0 Å². The van der Waals surface area contributed by atoms with Gasteiger partial charge in [0.15, 0.2) is 17.4 Å². The second-order valence-electron chi connectivity index (χ2n) is 4.41. The zero-order valence-corrected chi connectivity index (χ0v) is 12.5. The number of benzene rings is 2. The highest BCUT2D eigenvalue weighted by atomic mass is 32.2. The third-order valence-corrected chi connectivity index (χ3v) is 4.26. The Morgan fingerprint density at radius 2 is 1.65 bits per heavy atom. The number of carbonyl (C=O) groups is 1. The van der Waals surface area contributed by atoms with Gasteiger partial charge >= 0.3 is 5.97 Å². The van der Waals surface area contributed by atoms with E-state index in [1.165, 1.54) is 0 Å². The van der Waals surface area contributed by atoms with Crippen molar-refractivity contribution in [3.8, 4) is 5.75 Å². The van der Waals surface area contributed by atoms with Gasteiger partial charge in [-0.05, 0) is 24.3 Å². The molecule has 0 aliphatic rings. The summed E-state index contributed by atoms with van der Waals surface area (Å²) in [6, 6.07) is 5.89. The molecule has 0 saturated heterocycles. The number of nitrogens with one attached hydrogen (secondary N) is 1. The molecule has 9 heteroatoms. The van der Waals surface area contributed by atoms with Gasteiger partial charge in [0.25, 0.3) is 10.0 Å². The second kappa shape index (κ2) is 6.21. The van der Waals surface area contributed by atoms with Crippen LogP contribution >= 0.6 is 0 Å². The monoisotopic (exact) mass is 343 g/mol. The van der Waals surface area contributed by atoms with E-state index in [0.29, 0.717) is 0 Å². The number of ether oxygens (including phenoxy) is 1.